The van der Waals surface area contributed by atoms with Crippen LogP contribution in [0, 0.1) is 11.8 Å². The average molecular weight is 665 g/mol. The lowest BCUT2D eigenvalue weighted by atomic mass is 9.80. The van der Waals surface area contributed by atoms with Gasteiger partial charge in [-0.05, 0) is 108 Å². The van der Waals surface area contributed by atoms with Crippen LogP contribution in [0.25, 0.3) is 34.2 Å². The van der Waals surface area contributed by atoms with E-state index in [4.69, 9.17) is 46.8 Å². The second-order valence-corrected chi connectivity index (χ2v) is 12.4. The van der Waals surface area contributed by atoms with Crippen LogP contribution in [0.2, 0.25) is 5.02 Å². The Morgan fingerprint density at radius 3 is 2.08 bits per heavy atom. The molecule has 4 aromatic carbocycles. The fourth-order valence-electron chi connectivity index (χ4n) is 5.89. The van der Waals surface area contributed by atoms with Gasteiger partial charge in [-0.3, -0.25) is 0 Å². The van der Waals surface area contributed by atoms with Crippen LogP contribution in [-0.2, 0) is 0 Å². The maximum Gasteiger partial charge on any atom is 0.488 e. The minimum absolute atomic E-state index is 0.464. The van der Waals surface area contributed by atoms with Gasteiger partial charge in [-0.15, -0.1) is 0 Å². The summed E-state index contributed by atoms with van der Waals surface area (Å²) in [5.74, 6) is 4.31. The van der Waals surface area contributed by atoms with Crippen LogP contribution in [0.5, 0.6) is 11.5 Å². The maximum atomic E-state index is 8.70. The molecule has 0 radical (unpaired) electrons. The van der Waals surface area contributed by atoms with Crippen LogP contribution in [0.1, 0.15) is 37.1 Å². The molecule has 0 saturated heterocycles. The average Bonchev–Trinajstić information content (AvgIpc) is 3.13. The van der Waals surface area contributed by atoms with Crippen molar-refractivity contribution in [1.82, 2.24) is 9.97 Å². The van der Waals surface area contributed by atoms with Crippen molar-refractivity contribution in [3.63, 3.8) is 0 Å². The molecule has 6 rings (SSSR count). The van der Waals surface area contributed by atoms with Gasteiger partial charge in [0.25, 0.3) is 0 Å². The second-order valence-electron chi connectivity index (χ2n) is 11.9. The molecular weight excluding hydrogens is 623 g/mol. The molecule has 8 nitrogen and oxygen atoms in total. The molecular formula is C38H42BClN4O4. The maximum absolute atomic E-state index is 8.70. The number of hydrogen-bond acceptors (Lipinski definition) is 8. The fourth-order valence-corrected chi connectivity index (χ4v) is 6.06. The fraction of sp³-hybridized carbons (Fsp3) is 0.263. The van der Waals surface area contributed by atoms with E-state index in [-0.39, 0.29) is 0 Å². The number of nitrogens with two attached hydrogens (primary N) is 1. The van der Waals surface area contributed by atoms with Gasteiger partial charge in [0.2, 0.25) is 0 Å². The highest BCUT2D eigenvalue weighted by Crippen LogP contribution is 2.30. The standard InChI is InChI=1S/C31H33ClN4O.C7H9BO3/c1-37-27-13-10-25(11-14-27)24-8-5-21(6-9-24)7-16-30-35-29-18-26(32)12-15-28(29)31(36-30)34-20-23-4-2-3-22(17-23)19-33;1-11-7-4-2-6(3-5-7)8(9)10/h5-16,18,22-23H,2-4,17,19-20,33H2,1H3,(H,34,35,36);2-5,9-10H,1H3. The number of anilines is 1. The monoisotopic (exact) mass is 664 g/mol. The molecule has 10 heteroatoms. The van der Waals surface area contributed by atoms with Gasteiger partial charge in [-0.2, -0.15) is 0 Å². The highest BCUT2D eigenvalue weighted by Gasteiger charge is 2.21. The predicted molar refractivity (Wildman–Crippen MR) is 198 cm³/mol. The summed E-state index contributed by atoms with van der Waals surface area (Å²) in [6, 6.07) is 28.9. The summed E-state index contributed by atoms with van der Waals surface area (Å²) >= 11 is 6.29. The topological polar surface area (TPSA) is 123 Å². The van der Waals surface area contributed by atoms with Gasteiger partial charge in [0.05, 0.1) is 19.7 Å². The van der Waals surface area contributed by atoms with Crippen LogP contribution in [0.3, 0.4) is 0 Å². The number of halogens is 1. The molecule has 0 bridgehead atoms. The zero-order valence-corrected chi connectivity index (χ0v) is 28.1. The van der Waals surface area contributed by atoms with E-state index in [1.165, 1.54) is 25.7 Å². The molecule has 2 unspecified atom stereocenters. The SMILES string of the molecule is COc1ccc(-c2ccc(C=Cc3nc(NCC4CCCC(CN)C4)c4ccc(Cl)cc4n3)cc2)cc1.COc1ccc(B(O)O)cc1. The molecule has 1 aliphatic carbocycles. The van der Waals surface area contributed by atoms with Crippen molar-refractivity contribution in [2.75, 3.05) is 32.6 Å². The third kappa shape index (κ3) is 9.58. The first-order chi connectivity index (χ1) is 23.3. The van der Waals surface area contributed by atoms with Crippen molar-refractivity contribution in [2.45, 2.75) is 25.7 Å². The van der Waals surface area contributed by atoms with Crippen molar-refractivity contribution in [3.8, 4) is 22.6 Å². The lowest BCUT2D eigenvalue weighted by Crippen LogP contribution is -2.29. The summed E-state index contributed by atoms with van der Waals surface area (Å²) in [7, 11) is 1.84. The highest BCUT2D eigenvalue weighted by atomic mass is 35.5. The minimum atomic E-state index is -1.40. The molecule has 1 fully saturated rings. The summed E-state index contributed by atoms with van der Waals surface area (Å²) < 4.78 is 10.1. The molecule has 1 saturated carbocycles. The Hall–Kier alpha value is -4.41. The molecule has 2 atom stereocenters. The van der Waals surface area contributed by atoms with Crippen molar-refractivity contribution >= 4 is 53.1 Å². The smallest absolute Gasteiger partial charge is 0.488 e. The number of aromatic nitrogens is 2. The van der Waals surface area contributed by atoms with E-state index in [0.717, 1.165) is 52.3 Å². The van der Waals surface area contributed by atoms with Crippen LogP contribution in [0.15, 0.2) is 91.0 Å². The predicted octanol–water partition coefficient (Wildman–Crippen LogP) is 6.68. The zero-order valence-electron chi connectivity index (χ0n) is 27.4. The molecule has 1 aromatic heterocycles. The summed E-state index contributed by atoms with van der Waals surface area (Å²) in [5.41, 5.74) is 10.6. The molecule has 1 aliphatic rings. The number of nitrogens with zero attached hydrogens (tertiary/aromatic N) is 2. The summed E-state index contributed by atoms with van der Waals surface area (Å²) in [6.07, 6.45) is 8.91. The number of nitrogens with one attached hydrogen (secondary N) is 1. The van der Waals surface area contributed by atoms with E-state index in [1.54, 1.807) is 38.5 Å². The Bertz CT molecular complexity index is 1780. The van der Waals surface area contributed by atoms with Crippen molar-refractivity contribution < 1.29 is 19.5 Å². The van der Waals surface area contributed by atoms with E-state index < -0.39 is 7.12 Å². The zero-order chi connectivity index (χ0) is 33.9. The number of fused-ring (bicyclic) bond motifs is 1. The number of hydrogen-bond donors (Lipinski definition) is 4. The number of benzene rings is 4. The number of ether oxygens (including phenoxy) is 2. The summed E-state index contributed by atoms with van der Waals surface area (Å²) in [6.45, 7) is 1.67. The molecule has 5 N–H and O–H groups in total. The summed E-state index contributed by atoms with van der Waals surface area (Å²) in [5, 5.41) is 22.7. The van der Waals surface area contributed by atoms with Crippen LogP contribution < -0.4 is 26.0 Å². The number of methoxy groups -OCH3 is 2. The molecule has 0 spiro atoms. The van der Waals surface area contributed by atoms with Crippen molar-refractivity contribution in [3.05, 3.63) is 107 Å². The van der Waals surface area contributed by atoms with E-state index in [2.05, 4.69) is 41.7 Å². The first kappa shape index (κ1) is 34.9. The Morgan fingerprint density at radius 2 is 1.46 bits per heavy atom. The summed E-state index contributed by atoms with van der Waals surface area (Å²) in [4.78, 5) is 9.62. The van der Waals surface area contributed by atoms with Gasteiger partial charge in [-0.1, -0.05) is 72.6 Å². The van der Waals surface area contributed by atoms with E-state index >= 15 is 0 Å². The molecule has 48 heavy (non-hydrogen) atoms. The van der Waals surface area contributed by atoms with Crippen molar-refractivity contribution in [1.29, 1.82) is 0 Å². The van der Waals surface area contributed by atoms with E-state index in [0.29, 0.717) is 33.9 Å². The second kappa shape index (κ2) is 17.1. The largest absolute Gasteiger partial charge is 0.497 e. The molecule has 5 aromatic rings. The van der Waals surface area contributed by atoms with Gasteiger partial charge in [0, 0.05) is 17.0 Å². The Labute approximate surface area is 287 Å². The lowest BCUT2D eigenvalue weighted by molar-refractivity contribution is 0.281. The van der Waals surface area contributed by atoms with Gasteiger partial charge >= 0.3 is 7.12 Å². The number of rotatable bonds is 10. The van der Waals surface area contributed by atoms with Gasteiger partial charge in [0.15, 0.2) is 5.82 Å². The molecule has 1 heterocycles. The van der Waals surface area contributed by atoms with Crippen LogP contribution in [-0.4, -0.2) is 54.4 Å². The Morgan fingerprint density at radius 1 is 0.833 bits per heavy atom. The van der Waals surface area contributed by atoms with E-state index in [9.17, 15) is 0 Å². The van der Waals surface area contributed by atoms with Gasteiger partial charge in [-0.25, -0.2) is 9.97 Å². The third-order valence-corrected chi connectivity index (χ3v) is 8.87. The molecule has 0 amide bonds. The van der Waals surface area contributed by atoms with Crippen molar-refractivity contribution in [2.24, 2.45) is 17.6 Å². The Kier molecular flexibility index (Phi) is 12.5. The minimum Gasteiger partial charge on any atom is -0.497 e. The Balaban J connectivity index is 0.000000349. The highest BCUT2D eigenvalue weighted by molar-refractivity contribution is 6.58. The van der Waals surface area contributed by atoms with Gasteiger partial charge < -0.3 is 30.6 Å². The molecule has 0 aliphatic heterocycles. The quantitative estimate of drug-likeness (QED) is 0.122. The molecule has 248 valence electrons. The van der Waals surface area contributed by atoms with Crippen LogP contribution in [0.4, 0.5) is 5.82 Å². The van der Waals surface area contributed by atoms with Crippen LogP contribution >= 0.6 is 11.6 Å². The van der Waals surface area contributed by atoms with Gasteiger partial charge in [0.1, 0.15) is 17.3 Å². The first-order valence-electron chi connectivity index (χ1n) is 16.2. The third-order valence-electron chi connectivity index (χ3n) is 8.63. The lowest BCUT2D eigenvalue weighted by Gasteiger charge is -2.28. The first-order valence-corrected chi connectivity index (χ1v) is 16.6. The van der Waals surface area contributed by atoms with E-state index in [1.807, 2.05) is 42.5 Å². The normalized spacial score (nSPS) is 15.9.